The number of nitrogens with one attached hydrogen (secondary N) is 1. The zero-order chi connectivity index (χ0) is 15.2. The van der Waals surface area contributed by atoms with Crippen molar-refractivity contribution in [2.45, 2.75) is 51.2 Å². The standard InChI is InChI=1S/C16H20FNO3/c1-11(16(20)18-14-7-2-3-8-14)21-15(19)10-12-5-4-6-13(17)9-12/h4-6,9,11,14H,2-3,7-8,10H2,1H3,(H,18,20)/t11-/m1/s1. The fourth-order valence-electron chi connectivity index (χ4n) is 2.49. The van der Waals surface area contributed by atoms with Gasteiger partial charge in [-0.25, -0.2) is 4.39 Å². The minimum absolute atomic E-state index is 0.0428. The summed E-state index contributed by atoms with van der Waals surface area (Å²) in [4.78, 5) is 23.6. The highest BCUT2D eigenvalue weighted by Gasteiger charge is 2.23. The molecule has 21 heavy (non-hydrogen) atoms. The number of carbonyl (C=O) groups is 2. The van der Waals surface area contributed by atoms with Gasteiger partial charge in [-0.2, -0.15) is 0 Å². The monoisotopic (exact) mass is 293 g/mol. The largest absolute Gasteiger partial charge is 0.452 e. The summed E-state index contributed by atoms with van der Waals surface area (Å²) in [6.45, 7) is 1.55. The topological polar surface area (TPSA) is 55.4 Å². The average Bonchev–Trinajstić information content (AvgIpc) is 2.91. The van der Waals surface area contributed by atoms with Crippen LogP contribution in [0.1, 0.15) is 38.2 Å². The van der Waals surface area contributed by atoms with Crippen molar-refractivity contribution in [3.63, 3.8) is 0 Å². The minimum Gasteiger partial charge on any atom is -0.452 e. The maximum Gasteiger partial charge on any atom is 0.311 e. The third kappa shape index (κ3) is 4.85. The predicted molar refractivity (Wildman–Crippen MR) is 76.1 cm³/mol. The van der Waals surface area contributed by atoms with Crippen molar-refractivity contribution in [2.75, 3.05) is 0 Å². The molecule has 1 aliphatic rings. The van der Waals surface area contributed by atoms with E-state index in [1.807, 2.05) is 0 Å². The summed E-state index contributed by atoms with van der Waals surface area (Å²) in [7, 11) is 0. The number of ether oxygens (including phenoxy) is 1. The Morgan fingerprint density at radius 2 is 2.10 bits per heavy atom. The van der Waals surface area contributed by atoms with Crippen LogP contribution in [-0.4, -0.2) is 24.0 Å². The molecule has 0 radical (unpaired) electrons. The van der Waals surface area contributed by atoms with E-state index < -0.39 is 17.9 Å². The number of rotatable bonds is 5. The van der Waals surface area contributed by atoms with E-state index in [4.69, 9.17) is 4.74 Å². The first kappa shape index (κ1) is 15.5. The van der Waals surface area contributed by atoms with Crippen molar-refractivity contribution in [2.24, 2.45) is 0 Å². The fraction of sp³-hybridized carbons (Fsp3) is 0.500. The van der Waals surface area contributed by atoms with E-state index in [0.717, 1.165) is 25.7 Å². The molecule has 114 valence electrons. The Balaban J connectivity index is 1.79. The van der Waals surface area contributed by atoms with Gasteiger partial charge in [-0.05, 0) is 37.5 Å². The van der Waals surface area contributed by atoms with Crippen molar-refractivity contribution >= 4 is 11.9 Å². The smallest absolute Gasteiger partial charge is 0.311 e. The lowest BCUT2D eigenvalue weighted by Crippen LogP contribution is -2.41. The molecule has 1 N–H and O–H groups in total. The van der Waals surface area contributed by atoms with Crippen molar-refractivity contribution in [1.82, 2.24) is 5.32 Å². The first-order valence-electron chi connectivity index (χ1n) is 7.29. The molecule has 1 amide bonds. The van der Waals surface area contributed by atoms with E-state index in [2.05, 4.69) is 5.32 Å². The van der Waals surface area contributed by atoms with Crippen LogP contribution in [0, 0.1) is 5.82 Å². The van der Waals surface area contributed by atoms with E-state index in [1.54, 1.807) is 13.0 Å². The van der Waals surface area contributed by atoms with E-state index in [1.165, 1.54) is 18.2 Å². The lowest BCUT2D eigenvalue weighted by atomic mass is 10.1. The second-order valence-electron chi connectivity index (χ2n) is 5.43. The highest BCUT2D eigenvalue weighted by atomic mass is 19.1. The normalized spacial score (nSPS) is 16.5. The summed E-state index contributed by atoms with van der Waals surface area (Å²) >= 11 is 0. The van der Waals surface area contributed by atoms with Gasteiger partial charge in [0.15, 0.2) is 6.10 Å². The predicted octanol–water partition coefficient (Wildman–Crippen LogP) is 2.36. The molecule has 0 aliphatic heterocycles. The van der Waals surface area contributed by atoms with Gasteiger partial charge >= 0.3 is 5.97 Å². The summed E-state index contributed by atoms with van der Waals surface area (Å²) in [5.41, 5.74) is 0.531. The summed E-state index contributed by atoms with van der Waals surface area (Å²) < 4.78 is 18.1. The number of carbonyl (C=O) groups excluding carboxylic acids is 2. The van der Waals surface area contributed by atoms with E-state index in [9.17, 15) is 14.0 Å². The molecule has 5 heteroatoms. The number of benzene rings is 1. The number of halogens is 1. The number of hydrogen-bond donors (Lipinski definition) is 1. The molecule has 1 fully saturated rings. The molecule has 1 atom stereocenters. The summed E-state index contributed by atoms with van der Waals surface area (Å²) in [6.07, 6.45) is 3.34. The van der Waals surface area contributed by atoms with Crippen molar-refractivity contribution in [3.8, 4) is 0 Å². The van der Waals surface area contributed by atoms with Gasteiger partial charge in [0.2, 0.25) is 0 Å². The SMILES string of the molecule is C[C@@H](OC(=O)Cc1cccc(F)c1)C(=O)NC1CCCC1. The summed E-state index contributed by atoms with van der Waals surface area (Å²) in [5.74, 6) is -1.20. The van der Waals surface area contributed by atoms with E-state index >= 15 is 0 Å². The second-order valence-corrected chi connectivity index (χ2v) is 5.43. The van der Waals surface area contributed by atoms with Gasteiger partial charge < -0.3 is 10.1 Å². The quantitative estimate of drug-likeness (QED) is 0.848. The molecule has 4 nitrogen and oxygen atoms in total. The van der Waals surface area contributed by atoms with Crippen LogP contribution in [0.2, 0.25) is 0 Å². The molecular formula is C16H20FNO3. The first-order valence-corrected chi connectivity index (χ1v) is 7.29. The van der Waals surface area contributed by atoms with Gasteiger partial charge in [-0.15, -0.1) is 0 Å². The van der Waals surface area contributed by atoms with Crippen molar-refractivity contribution in [1.29, 1.82) is 0 Å². The molecule has 1 aromatic rings. The molecule has 0 bridgehead atoms. The third-order valence-electron chi connectivity index (χ3n) is 3.62. The molecule has 0 aromatic heterocycles. The highest BCUT2D eigenvalue weighted by Crippen LogP contribution is 2.17. The molecule has 0 unspecified atom stereocenters. The van der Waals surface area contributed by atoms with Gasteiger partial charge in [0.25, 0.3) is 5.91 Å². The molecule has 0 spiro atoms. The van der Waals surface area contributed by atoms with Crippen molar-refractivity contribution in [3.05, 3.63) is 35.6 Å². The number of esters is 1. The van der Waals surface area contributed by atoms with Crippen LogP contribution in [0.25, 0.3) is 0 Å². The summed E-state index contributed by atoms with van der Waals surface area (Å²) in [5, 5.41) is 2.88. The van der Waals surface area contributed by atoms with Gasteiger partial charge in [-0.1, -0.05) is 25.0 Å². The average molecular weight is 293 g/mol. The Morgan fingerprint density at radius 3 is 2.76 bits per heavy atom. The molecule has 0 heterocycles. The Kier molecular flexibility index (Phi) is 5.31. The highest BCUT2D eigenvalue weighted by molar-refractivity contribution is 5.84. The van der Waals surface area contributed by atoms with E-state index in [0.29, 0.717) is 5.56 Å². The second kappa shape index (κ2) is 7.20. The fourth-order valence-corrected chi connectivity index (χ4v) is 2.49. The van der Waals surface area contributed by atoms with Crippen LogP contribution in [-0.2, 0) is 20.7 Å². The zero-order valence-corrected chi connectivity index (χ0v) is 12.1. The maximum atomic E-state index is 13.0. The third-order valence-corrected chi connectivity index (χ3v) is 3.62. The van der Waals surface area contributed by atoms with Crippen LogP contribution < -0.4 is 5.32 Å². The minimum atomic E-state index is -0.827. The molecule has 1 aromatic carbocycles. The van der Waals surface area contributed by atoms with E-state index in [-0.39, 0.29) is 18.4 Å². The van der Waals surface area contributed by atoms with Gasteiger partial charge in [-0.3, -0.25) is 9.59 Å². The maximum absolute atomic E-state index is 13.0. The Labute approximate surface area is 123 Å². The van der Waals surface area contributed by atoms with Crippen LogP contribution in [0.4, 0.5) is 4.39 Å². The van der Waals surface area contributed by atoms with Crippen molar-refractivity contribution < 1.29 is 18.7 Å². The van der Waals surface area contributed by atoms with Gasteiger partial charge in [0.05, 0.1) is 6.42 Å². The van der Waals surface area contributed by atoms with Crippen LogP contribution in [0.5, 0.6) is 0 Å². The van der Waals surface area contributed by atoms with Gasteiger partial charge in [0, 0.05) is 6.04 Å². The molecule has 1 aliphatic carbocycles. The number of hydrogen-bond acceptors (Lipinski definition) is 3. The summed E-state index contributed by atoms with van der Waals surface area (Å²) in [6, 6.07) is 5.97. The van der Waals surface area contributed by atoms with Crippen LogP contribution >= 0.6 is 0 Å². The first-order chi connectivity index (χ1) is 10.0. The molecule has 2 rings (SSSR count). The Bertz CT molecular complexity index is 512. The lowest BCUT2D eigenvalue weighted by molar-refractivity contribution is -0.154. The zero-order valence-electron chi connectivity index (χ0n) is 12.1. The van der Waals surface area contributed by atoms with Crippen LogP contribution in [0.15, 0.2) is 24.3 Å². The lowest BCUT2D eigenvalue weighted by Gasteiger charge is -2.17. The molecular weight excluding hydrogens is 273 g/mol. The van der Waals surface area contributed by atoms with Gasteiger partial charge in [0.1, 0.15) is 5.82 Å². The molecule has 1 saturated carbocycles. The Hall–Kier alpha value is -1.91. The van der Waals surface area contributed by atoms with Crippen LogP contribution in [0.3, 0.4) is 0 Å². The Morgan fingerprint density at radius 1 is 1.38 bits per heavy atom. The molecule has 0 saturated heterocycles. The number of amides is 1.